The molecule has 0 saturated heterocycles. The van der Waals surface area contributed by atoms with Crippen LogP contribution in [0.1, 0.15) is 33.4 Å². The highest BCUT2D eigenvalue weighted by Crippen LogP contribution is 2.49. The molecule has 4 aromatic rings. The predicted octanol–water partition coefficient (Wildman–Crippen LogP) is 7.92. The summed E-state index contributed by atoms with van der Waals surface area (Å²) in [5.74, 6) is 1.78. The Balaban J connectivity index is 1.92. The molecule has 0 radical (unpaired) electrons. The van der Waals surface area contributed by atoms with E-state index >= 15 is 0 Å². The maximum atomic E-state index is 11.1. The molecule has 0 bridgehead atoms. The van der Waals surface area contributed by atoms with E-state index < -0.39 is 0 Å². The Bertz CT molecular complexity index is 1370. The quantitative estimate of drug-likeness (QED) is 0.277. The Hall–Kier alpha value is -4.12. The van der Waals surface area contributed by atoms with Gasteiger partial charge in [0.15, 0.2) is 0 Å². The van der Waals surface area contributed by atoms with Gasteiger partial charge in [-0.3, -0.25) is 0 Å². The number of ether oxygens (including phenoxy) is 1. The summed E-state index contributed by atoms with van der Waals surface area (Å²) in [4.78, 5) is 1.89. The Kier molecular flexibility index (Phi) is 6.35. The van der Waals surface area contributed by atoms with E-state index in [-0.39, 0.29) is 17.2 Å². The molecule has 3 N–H and O–H groups in total. The summed E-state index contributed by atoms with van der Waals surface area (Å²) in [6, 6.07) is 18.7. The molecule has 35 heavy (non-hydrogen) atoms. The van der Waals surface area contributed by atoms with Crippen molar-refractivity contribution in [3.05, 3.63) is 94.0 Å². The predicted molar refractivity (Wildman–Crippen MR) is 141 cm³/mol. The molecule has 5 heteroatoms. The SMILES string of the molecule is Cc1cc(Oc2cccc(N(c3c(C)ccc(C)c3O)c3c(C)ccc(C)c3O)c2)c(C)cc1O. The molecule has 0 aromatic heterocycles. The molecule has 180 valence electrons. The van der Waals surface area contributed by atoms with Gasteiger partial charge in [0.25, 0.3) is 0 Å². The zero-order valence-corrected chi connectivity index (χ0v) is 21.0. The Morgan fingerprint density at radius 1 is 0.571 bits per heavy atom. The summed E-state index contributed by atoms with van der Waals surface area (Å²) < 4.78 is 6.21. The van der Waals surface area contributed by atoms with Gasteiger partial charge in [0.1, 0.15) is 28.7 Å². The van der Waals surface area contributed by atoms with Gasteiger partial charge >= 0.3 is 0 Å². The molecule has 0 aliphatic heterocycles. The van der Waals surface area contributed by atoms with Crippen LogP contribution in [0.3, 0.4) is 0 Å². The minimum absolute atomic E-state index is 0.154. The smallest absolute Gasteiger partial charge is 0.142 e. The van der Waals surface area contributed by atoms with Gasteiger partial charge in [-0.2, -0.15) is 0 Å². The molecule has 5 nitrogen and oxygen atoms in total. The van der Waals surface area contributed by atoms with E-state index in [9.17, 15) is 15.3 Å². The maximum Gasteiger partial charge on any atom is 0.142 e. The second kappa shape index (κ2) is 9.26. The molecule has 0 aliphatic rings. The van der Waals surface area contributed by atoms with Crippen molar-refractivity contribution >= 4 is 17.1 Å². The lowest BCUT2D eigenvalue weighted by Crippen LogP contribution is -2.14. The van der Waals surface area contributed by atoms with E-state index in [1.807, 2.05) is 101 Å². The monoisotopic (exact) mass is 469 g/mol. The largest absolute Gasteiger partial charge is 0.508 e. The highest BCUT2D eigenvalue weighted by molar-refractivity contribution is 5.87. The fourth-order valence-corrected chi connectivity index (χ4v) is 4.19. The van der Waals surface area contributed by atoms with E-state index in [0.717, 1.165) is 39.1 Å². The van der Waals surface area contributed by atoms with Crippen molar-refractivity contribution < 1.29 is 20.1 Å². The number of aryl methyl sites for hydroxylation is 6. The molecule has 0 aliphatic carbocycles. The first-order valence-corrected chi connectivity index (χ1v) is 11.5. The van der Waals surface area contributed by atoms with Crippen molar-refractivity contribution in [2.45, 2.75) is 41.5 Å². The van der Waals surface area contributed by atoms with Crippen molar-refractivity contribution in [1.29, 1.82) is 0 Å². The number of rotatable bonds is 5. The molecule has 4 rings (SSSR count). The Labute approximate surface area is 206 Å². The van der Waals surface area contributed by atoms with E-state index in [0.29, 0.717) is 22.9 Å². The fourth-order valence-electron chi connectivity index (χ4n) is 4.19. The number of anilines is 3. The standard InChI is InChI=1S/C30H31NO4/c1-17-10-12-19(3)29(33)27(17)31(28-18(2)11-13-20(4)30(28)34)23-8-7-9-24(16-23)35-26-15-21(5)25(32)14-22(26)6/h7-16,32-34H,1-6H3. The van der Waals surface area contributed by atoms with Crippen LogP contribution in [0.25, 0.3) is 0 Å². The lowest BCUT2D eigenvalue weighted by molar-refractivity contribution is 0.458. The first kappa shape index (κ1) is 24.0. The summed E-state index contributed by atoms with van der Waals surface area (Å²) in [5.41, 5.74) is 6.67. The zero-order chi connectivity index (χ0) is 25.4. The molecule has 0 spiro atoms. The summed E-state index contributed by atoms with van der Waals surface area (Å²) in [6.45, 7) is 11.3. The summed E-state index contributed by atoms with van der Waals surface area (Å²) in [5, 5.41) is 32.3. The van der Waals surface area contributed by atoms with Crippen LogP contribution in [0, 0.1) is 41.5 Å². The normalized spacial score (nSPS) is 10.9. The lowest BCUT2D eigenvalue weighted by Gasteiger charge is -2.30. The molecular weight excluding hydrogens is 438 g/mol. The second-order valence-electron chi connectivity index (χ2n) is 9.13. The molecular formula is C30H31NO4. The van der Waals surface area contributed by atoms with Crippen LogP contribution in [0.4, 0.5) is 17.1 Å². The average molecular weight is 470 g/mol. The number of hydrogen-bond acceptors (Lipinski definition) is 5. The van der Waals surface area contributed by atoms with Gasteiger partial charge in [0.2, 0.25) is 0 Å². The number of phenols is 3. The highest BCUT2D eigenvalue weighted by Gasteiger charge is 2.25. The van der Waals surface area contributed by atoms with Crippen molar-refractivity contribution in [3.8, 4) is 28.7 Å². The van der Waals surface area contributed by atoms with Crippen LogP contribution in [0.2, 0.25) is 0 Å². The Morgan fingerprint density at radius 3 is 1.69 bits per heavy atom. The third-order valence-electron chi connectivity index (χ3n) is 6.35. The van der Waals surface area contributed by atoms with Gasteiger partial charge in [-0.1, -0.05) is 30.3 Å². The number of phenolic OH excluding ortho intramolecular Hbond substituents is 3. The third kappa shape index (κ3) is 4.50. The summed E-state index contributed by atoms with van der Waals surface area (Å²) in [7, 11) is 0. The number of nitrogens with zero attached hydrogens (tertiary/aromatic N) is 1. The van der Waals surface area contributed by atoms with E-state index in [4.69, 9.17) is 4.74 Å². The first-order valence-electron chi connectivity index (χ1n) is 11.5. The highest BCUT2D eigenvalue weighted by atomic mass is 16.5. The third-order valence-corrected chi connectivity index (χ3v) is 6.35. The molecule has 0 atom stereocenters. The van der Waals surface area contributed by atoms with Crippen LogP contribution < -0.4 is 9.64 Å². The molecule has 0 fully saturated rings. The molecule has 0 saturated carbocycles. The van der Waals surface area contributed by atoms with E-state index in [1.165, 1.54) is 0 Å². The fraction of sp³-hybridized carbons (Fsp3) is 0.200. The molecule has 0 amide bonds. The van der Waals surface area contributed by atoms with Gasteiger partial charge in [-0.05, 0) is 99.2 Å². The molecule has 4 aromatic carbocycles. The molecule has 0 unspecified atom stereocenters. The van der Waals surface area contributed by atoms with E-state index in [2.05, 4.69) is 0 Å². The number of benzene rings is 4. The Morgan fingerprint density at radius 2 is 1.11 bits per heavy atom. The first-order chi connectivity index (χ1) is 16.6. The average Bonchev–Trinajstić information content (AvgIpc) is 2.82. The molecule has 0 heterocycles. The van der Waals surface area contributed by atoms with Gasteiger partial charge in [0, 0.05) is 6.07 Å². The number of aromatic hydroxyl groups is 3. The van der Waals surface area contributed by atoms with Crippen LogP contribution in [-0.2, 0) is 0 Å². The van der Waals surface area contributed by atoms with Crippen LogP contribution in [0.5, 0.6) is 28.7 Å². The maximum absolute atomic E-state index is 11.1. The number of hydrogen-bond donors (Lipinski definition) is 3. The topological polar surface area (TPSA) is 73.2 Å². The lowest BCUT2D eigenvalue weighted by atomic mass is 10.0. The van der Waals surface area contributed by atoms with Crippen LogP contribution >= 0.6 is 0 Å². The minimum Gasteiger partial charge on any atom is -0.508 e. The second-order valence-corrected chi connectivity index (χ2v) is 9.13. The summed E-state index contributed by atoms with van der Waals surface area (Å²) >= 11 is 0. The van der Waals surface area contributed by atoms with Crippen molar-refractivity contribution in [1.82, 2.24) is 0 Å². The van der Waals surface area contributed by atoms with Gasteiger partial charge < -0.3 is 25.0 Å². The van der Waals surface area contributed by atoms with Gasteiger partial charge in [-0.15, -0.1) is 0 Å². The van der Waals surface area contributed by atoms with Crippen molar-refractivity contribution in [3.63, 3.8) is 0 Å². The van der Waals surface area contributed by atoms with Crippen molar-refractivity contribution in [2.75, 3.05) is 4.90 Å². The van der Waals surface area contributed by atoms with Gasteiger partial charge in [0.05, 0.1) is 17.1 Å². The van der Waals surface area contributed by atoms with Crippen LogP contribution in [-0.4, -0.2) is 15.3 Å². The van der Waals surface area contributed by atoms with Crippen LogP contribution in [0.15, 0.2) is 60.7 Å². The van der Waals surface area contributed by atoms with Gasteiger partial charge in [-0.25, -0.2) is 0 Å². The summed E-state index contributed by atoms with van der Waals surface area (Å²) in [6.07, 6.45) is 0. The van der Waals surface area contributed by atoms with E-state index in [1.54, 1.807) is 6.07 Å². The minimum atomic E-state index is 0.154. The zero-order valence-electron chi connectivity index (χ0n) is 21.0. The van der Waals surface area contributed by atoms with Crippen molar-refractivity contribution in [2.24, 2.45) is 0 Å².